The number of carbonyl (C=O) groups excluding carboxylic acids is 2. The van der Waals surface area contributed by atoms with Crippen LogP contribution in [0.15, 0.2) is 40.9 Å². The lowest BCUT2D eigenvalue weighted by Gasteiger charge is -2.16. The Kier molecular flexibility index (Phi) is 6.99. The van der Waals surface area contributed by atoms with Gasteiger partial charge in [0.15, 0.2) is 6.10 Å². The summed E-state index contributed by atoms with van der Waals surface area (Å²) in [6, 6.07) is 9.06. The van der Waals surface area contributed by atoms with Gasteiger partial charge in [0.1, 0.15) is 11.6 Å². The van der Waals surface area contributed by atoms with Crippen molar-refractivity contribution >= 4 is 45.0 Å². The van der Waals surface area contributed by atoms with E-state index >= 15 is 0 Å². The zero-order chi connectivity index (χ0) is 19.3. The van der Waals surface area contributed by atoms with E-state index in [1.807, 2.05) is 19.1 Å². The summed E-state index contributed by atoms with van der Waals surface area (Å²) >= 11 is 9.21. The molecule has 0 aromatic heterocycles. The second kappa shape index (κ2) is 9.00. The maximum atomic E-state index is 13.0. The Morgan fingerprint density at radius 1 is 1.27 bits per heavy atom. The van der Waals surface area contributed by atoms with Crippen molar-refractivity contribution in [1.29, 1.82) is 0 Å². The van der Waals surface area contributed by atoms with Crippen molar-refractivity contribution in [2.75, 3.05) is 11.9 Å². The van der Waals surface area contributed by atoms with Gasteiger partial charge in [-0.25, -0.2) is 4.39 Å². The maximum Gasteiger partial charge on any atom is 0.261 e. The van der Waals surface area contributed by atoms with E-state index in [-0.39, 0.29) is 23.2 Å². The fourth-order valence-corrected chi connectivity index (χ4v) is 2.77. The molecule has 2 aromatic carbocycles. The standard InChI is InChI=1S/C18H17BrClFN2O3/c1-10-7-12(19)3-5-15(10)23-17(24)9-22-18(25)11(2)26-16-6-4-13(21)8-14(16)20/h3-8,11H,9H2,1-2H3,(H,22,25)(H,23,24). The summed E-state index contributed by atoms with van der Waals surface area (Å²) in [4.78, 5) is 24.0. The molecule has 0 radical (unpaired) electrons. The number of aryl methyl sites for hydroxylation is 1. The molecule has 0 aliphatic carbocycles. The van der Waals surface area contributed by atoms with E-state index < -0.39 is 17.8 Å². The van der Waals surface area contributed by atoms with Crippen molar-refractivity contribution in [3.05, 3.63) is 57.3 Å². The largest absolute Gasteiger partial charge is 0.479 e. The molecule has 2 N–H and O–H groups in total. The second-order valence-corrected chi connectivity index (χ2v) is 6.88. The number of carbonyl (C=O) groups is 2. The third-order valence-corrected chi connectivity index (χ3v) is 4.24. The molecule has 26 heavy (non-hydrogen) atoms. The number of anilines is 1. The highest BCUT2D eigenvalue weighted by Gasteiger charge is 2.17. The molecule has 0 aliphatic rings. The van der Waals surface area contributed by atoms with Gasteiger partial charge in [0.05, 0.1) is 11.6 Å². The molecule has 2 amide bonds. The lowest BCUT2D eigenvalue weighted by atomic mass is 10.2. The number of amides is 2. The number of rotatable bonds is 6. The van der Waals surface area contributed by atoms with E-state index in [1.165, 1.54) is 19.1 Å². The van der Waals surface area contributed by atoms with Gasteiger partial charge in [0, 0.05) is 10.2 Å². The van der Waals surface area contributed by atoms with Crippen LogP contribution in [0.5, 0.6) is 5.75 Å². The van der Waals surface area contributed by atoms with Crippen LogP contribution >= 0.6 is 27.5 Å². The van der Waals surface area contributed by atoms with Gasteiger partial charge in [-0.05, 0) is 55.8 Å². The molecule has 0 saturated heterocycles. The minimum absolute atomic E-state index is 0.0631. The number of hydrogen-bond donors (Lipinski definition) is 2. The van der Waals surface area contributed by atoms with Gasteiger partial charge >= 0.3 is 0 Å². The molecule has 0 bridgehead atoms. The monoisotopic (exact) mass is 442 g/mol. The quantitative estimate of drug-likeness (QED) is 0.707. The van der Waals surface area contributed by atoms with E-state index in [0.29, 0.717) is 5.69 Å². The first kappa shape index (κ1) is 20.2. The summed E-state index contributed by atoms with van der Waals surface area (Å²) in [7, 11) is 0. The van der Waals surface area contributed by atoms with Gasteiger partial charge in [0.25, 0.3) is 5.91 Å². The molecule has 0 heterocycles. The van der Waals surface area contributed by atoms with Crippen molar-refractivity contribution in [2.24, 2.45) is 0 Å². The molecule has 0 fully saturated rings. The Morgan fingerprint density at radius 2 is 2.00 bits per heavy atom. The van der Waals surface area contributed by atoms with Gasteiger partial charge in [-0.15, -0.1) is 0 Å². The molecule has 138 valence electrons. The zero-order valence-electron chi connectivity index (χ0n) is 14.1. The van der Waals surface area contributed by atoms with Gasteiger partial charge < -0.3 is 15.4 Å². The Morgan fingerprint density at radius 3 is 2.65 bits per heavy atom. The molecule has 0 aliphatic heterocycles. The Balaban J connectivity index is 1.85. The smallest absolute Gasteiger partial charge is 0.261 e. The number of nitrogens with one attached hydrogen (secondary N) is 2. The fraction of sp³-hybridized carbons (Fsp3) is 0.222. The van der Waals surface area contributed by atoms with Crippen LogP contribution in [0.2, 0.25) is 5.02 Å². The summed E-state index contributed by atoms with van der Waals surface area (Å²) in [6.07, 6.45) is -0.903. The molecule has 0 spiro atoms. The van der Waals surface area contributed by atoms with Gasteiger partial charge in [-0.3, -0.25) is 9.59 Å². The molecule has 5 nitrogen and oxygen atoms in total. The predicted molar refractivity (Wildman–Crippen MR) is 102 cm³/mol. The maximum absolute atomic E-state index is 13.0. The van der Waals surface area contributed by atoms with Crippen molar-refractivity contribution < 1.29 is 18.7 Å². The first-order valence-electron chi connectivity index (χ1n) is 7.71. The number of benzene rings is 2. The minimum Gasteiger partial charge on any atom is -0.479 e. The van der Waals surface area contributed by atoms with E-state index in [1.54, 1.807) is 6.07 Å². The number of halogens is 3. The average molecular weight is 444 g/mol. The SMILES string of the molecule is Cc1cc(Br)ccc1NC(=O)CNC(=O)C(C)Oc1ccc(F)cc1Cl. The molecular weight excluding hydrogens is 427 g/mol. The van der Waals surface area contributed by atoms with Crippen LogP contribution in [-0.2, 0) is 9.59 Å². The summed E-state index contributed by atoms with van der Waals surface area (Å²) in [5, 5.41) is 5.26. The molecule has 0 saturated carbocycles. The summed E-state index contributed by atoms with van der Waals surface area (Å²) < 4.78 is 19.3. The first-order valence-corrected chi connectivity index (χ1v) is 8.89. The highest BCUT2D eigenvalue weighted by Crippen LogP contribution is 2.25. The summed E-state index contributed by atoms with van der Waals surface area (Å²) in [5.41, 5.74) is 1.55. The summed E-state index contributed by atoms with van der Waals surface area (Å²) in [6.45, 7) is 3.16. The fourth-order valence-electron chi connectivity index (χ4n) is 2.09. The van der Waals surface area contributed by atoms with Gasteiger partial charge in [-0.1, -0.05) is 27.5 Å². The van der Waals surface area contributed by atoms with Crippen LogP contribution in [-0.4, -0.2) is 24.5 Å². The highest BCUT2D eigenvalue weighted by atomic mass is 79.9. The highest BCUT2D eigenvalue weighted by molar-refractivity contribution is 9.10. The van der Waals surface area contributed by atoms with Gasteiger partial charge in [-0.2, -0.15) is 0 Å². The Bertz CT molecular complexity index is 832. The Hall–Kier alpha value is -2.12. The molecule has 1 unspecified atom stereocenters. The normalized spacial score (nSPS) is 11.6. The van der Waals surface area contributed by atoms with Gasteiger partial charge in [0.2, 0.25) is 5.91 Å². The van der Waals surface area contributed by atoms with E-state index in [0.717, 1.165) is 16.1 Å². The van der Waals surface area contributed by atoms with Crippen LogP contribution < -0.4 is 15.4 Å². The van der Waals surface area contributed by atoms with Crippen LogP contribution in [0.1, 0.15) is 12.5 Å². The molecule has 1 atom stereocenters. The molecular formula is C18H17BrClFN2O3. The topological polar surface area (TPSA) is 67.4 Å². The molecule has 8 heteroatoms. The lowest BCUT2D eigenvalue weighted by molar-refractivity contribution is -0.129. The van der Waals surface area contributed by atoms with Crippen molar-refractivity contribution in [3.8, 4) is 5.75 Å². The lowest BCUT2D eigenvalue weighted by Crippen LogP contribution is -2.40. The minimum atomic E-state index is -0.903. The van der Waals surface area contributed by atoms with Crippen LogP contribution in [0.4, 0.5) is 10.1 Å². The van der Waals surface area contributed by atoms with E-state index in [2.05, 4.69) is 26.6 Å². The number of ether oxygens (including phenoxy) is 1. The number of hydrogen-bond acceptors (Lipinski definition) is 3. The van der Waals surface area contributed by atoms with E-state index in [4.69, 9.17) is 16.3 Å². The predicted octanol–water partition coefficient (Wildman–Crippen LogP) is 4.07. The van der Waals surface area contributed by atoms with Crippen LogP contribution in [0.25, 0.3) is 0 Å². The Labute approximate surface area is 164 Å². The first-order chi connectivity index (χ1) is 12.3. The van der Waals surface area contributed by atoms with Crippen LogP contribution in [0.3, 0.4) is 0 Å². The third kappa shape index (κ3) is 5.71. The zero-order valence-corrected chi connectivity index (χ0v) is 16.4. The molecule has 2 aromatic rings. The second-order valence-electron chi connectivity index (χ2n) is 5.56. The van der Waals surface area contributed by atoms with Crippen molar-refractivity contribution in [1.82, 2.24) is 5.32 Å². The summed E-state index contributed by atoms with van der Waals surface area (Å²) in [5.74, 6) is -1.17. The third-order valence-electron chi connectivity index (χ3n) is 3.45. The molecule has 2 rings (SSSR count). The van der Waals surface area contributed by atoms with Crippen molar-refractivity contribution in [2.45, 2.75) is 20.0 Å². The van der Waals surface area contributed by atoms with Crippen molar-refractivity contribution in [3.63, 3.8) is 0 Å². The van der Waals surface area contributed by atoms with E-state index in [9.17, 15) is 14.0 Å². The van der Waals surface area contributed by atoms with Crippen LogP contribution in [0, 0.1) is 12.7 Å². The average Bonchev–Trinajstić information content (AvgIpc) is 2.57.